The first-order valence-electron chi connectivity index (χ1n) is 5.56. The molecule has 0 radical (unpaired) electrons. The molecule has 0 saturated heterocycles. The van der Waals surface area contributed by atoms with E-state index in [1.54, 1.807) is 7.05 Å². The number of rotatable bonds is 7. The molecule has 0 spiro atoms. The lowest BCUT2D eigenvalue weighted by Gasteiger charge is -2.24. The highest BCUT2D eigenvalue weighted by atomic mass is 16.5. The molecule has 0 fully saturated rings. The number of nitrogens with two attached hydrogens (primary N) is 1. The van der Waals surface area contributed by atoms with Crippen LogP contribution in [0.25, 0.3) is 0 Å². The summed E-state index contributed by atoms with van der Waals surface area (Å²) in [5.41, 5.74) is 5.76. The van der Waals surface area contributed by atoms with E-state index in [4.69, 9.17) is 10.5 Å². The molecule has 1 unspecified atom stereocenters. The maximum absolute atomic E-state index is 11.8. The van der Waals surface area contributed by atoms with E-state index in [-0.39, 0.29) is 19.1 Å². The normalized spacial score (nSPS) is 14.9. The Morgan fingerprint density at radius 3 is 2.50 bits per heavy atom. The number of aliphatic hydroxyl groups is 1. The molecule has 16 heavy (non-hydrogen) atoms. The molecule has 5 nitrogen and oxygen atoms in total. The van der Waals surface area contributed by atoms with Gasteiger partial charge in [0.15, 0.2) is 0 Å². The Morgan fingerprint density at radius 2 is 2.06 bits per heavy atom. The number of aliphatic hydroxyl groups excluding tert-OH is 1. The third-order valence-electron chi connectivity index (χ3n) is 2.26. The Balaban J connectivity index is 4.06. The van der Waals surface area contributed by atoms with E-state index in [0.717, 1.165) is 0 Å². The van der Waals surface area contributed by atoms with Crippen molar-refractivity contribution < 1.29 is 14.6 Å². The third kappa shape index (κ3) is 6.05. The summed E-state index contributed by atoms with van der Waals surface area (Å²) in [5.74, 6) is 0.250. The number of amides is 1. The van der Waals surface area contributed by atoms with Gasteiger partial charge in [-0.2, -0.15) is 0 Å². The minimum atomic E-state index is -0.662. The number of hydrogen-bond donors (Lipinski definition) is 2. The molecule has 2 atom stereocenters. The standard InChI is InChI=1S/C11H24N2O3/c1-8(2)5-10(12)11(15)13(3)6-9(14)7-16-4/h8-10,14H,5-7,12H2,1-4H3/t9?,10-/m1/s1. The van der Waals surface area contributed by atoms with Crippen molar-refractivity contribution >= 4 is 5.91 Å². The van der Waals surface area contributed by atoms with E-state index in [0.29, 0.717) is 12.3 Å². The topological polar surface area (TPSA) is 75.8 Å². The maximum atomic E-state index is 11.8. The summed E-state index contributed by atoms with van der Waals surface area (Å²) in [5, 5.41) is 9.47. The number of carbonyl (C=O) groups excluding carboxylic acids is 1. The zero-order valence-electron chi connectivity index (χ0n) is 10.6. The lowest BCUT2D eigenvalue weighted by molar-refractivity contribution is -0.133. The van der Waals surface area contributed by atoms with Crippen molar-refractivity contribution in [2.45, 2.75) is 32.4 Å². The van der Waals surface area contributed by atoms with Crippen LogP contribution in [0.15, 0.2) is 0 Å². The zero-order chi connectivity index (χ0) is 12.7. The summed E-state index contributed by atoms with van der Waals surface area (Å²) in [7, 11) is 3.15. The molecule has 0 aliphatic rings. The fourth-order valence-corrected chi connectivity index (χ4v) is 1.54. The van der Waals surface area contributed by atoms with Gasteiger partial charge in [0.2, 0.25) is 5.91 Å². The maximum Gasteiger partial charge on any atom is 0.239 e. The molecule has 0 rings (SSSR count). The van der Waals surface area contributed by atoms with Crippen LogP contribution in [0.4, 0.5) is 0 Å². The minimum Gasteiger partial charge on any atom is -0.389 e. The molecule has 0 saturated carbocycles. The molecule has 5 heteroatoms. The lowest BCUT2D eigenvalue weighted by atomic mass is 10.0. The van der Waals surface area contributed by atoms with Crippen molar-refractivity contribution in [2.75, 3.05) is 27.3 Å². The molecule has 0 bridgehead atoms. The molecule has 0 aliphatic heterocycles. The molecular weight excluding hydrogens is 208 g/mol. The Kier molecular flexibility index (Phi) is 7.29. The Hall–Kier alpha value is -0.650. The molecule has 0 aromatic carbocycles. The summed E-state index contributed by atoms with van der Waals surface area (Å²) in [6.45, 7) is 4.51. The quantitative estimate of drug-likeness (QED) is 0.639. The SMILES string of the molecule is COCC(O)CN(C)C(=O)[C@H](N)CC(C)C. The Labute approximate surface area is 97.6 Å². The van der Waals surface area contributed by atoms with Crippen molar-refractivity contribution in [2.24, 2.45) is 11.7 Å². The van der Waals surface area contributed by atoms with Crippen LogP contribution in [-0.4, -0.2) is 55.4 Å². The minimum absolute atomic E-state index is 0.135. The summed E-state index contributed by atoms with van der Waals surface area (Å²) < 4.78 is 4.79. The van der Waals surface area contributed by atoms with Crippen molar-refractivity contribution in [1.82, 2.24) is 4.90 Å². The highest BCUT2D eigenvalue weighted by Gasteiger charge is 2.20. The van der Waals surface area contributed by atoms with E-state index in [2.05, 4.69) is 0 Å². The van der Waals surface area contributed by atoms with Crippen LogP contribution in [0.2, 0.25) is 0 Å². The van der Waals surface area contributed by atoms with Crippen molar-refractivity contribution in [1.29, 1.82) is 0 Å². The van der Waals surface area contributed by atoms with Crippen molar-refractivity contribution in [3.05, 3.63) is 0 Å². The Bertz CT molecular complexity index is 209. The lowest BCUT2D eigenvalue weighted by Crippen LogP contribution is -2.45. The number of likely N-dealkylation sites (N-methyl/N-ethyl adjacent to an activating group) is 1. The number of carbonyl (C=O) groups is 1. The van der Waals surface area contributed by atoms with Gasteiger partial charge in [0.1, 0.15) is 0 Å². The van der Waals surface area contributed by atoms with Crippen molar-refractivity contribution in [3.63, 3.8) is 0 Å². The molecule has 0 heterocycles. The van der Waals surface area contributed by atoms with Gasteiger partial charge in [-0.3, -0.25) is 4.79 Å². The first-order chi connectivity index (χ1) is 7.38. The zero-order valence-corrected chi connectivity index (χ0v) is 10.6. The van der Waals surface area contributed by atoms with E-state index in [9.17, 15) is 9.90 Å². The van der Waals surface area contributed by atoms with E-state index < -0.39 is 12.1 Å². The molecular formula is C11H24N2O3. The van der Waals surface area contributed by atoms with Gasteiger partial charge in [-0.05, 0) is 12.3 Å². The fourth-order valence-electron chi connectivity index (χ4n) is 1.54. The number of nitrogens with zero attached hydrogens (tertiary/aromatic N) is 1. The largest absolute Gasteiger partial charge is 0.389 e. The second-order valence-electron chi connectivity index (χ2n) is 4.56. The second kappa shape index (κ2) is 7.60. The van der Waals surface area contributed by atoms with Crippen LogP contribution < -0.4 is 5.73 Å². The average Bonchev–Trinajstić information content (AvgIpc) is 2.15. The number of methoxy groups -OCH3 is 1. The van der Waals surface area contributed by atoms with Crippen LogP contribution in [0, 0.1) is 5.92 Å². The predicted octanol–water partition coefficient (Wildman–Crippen LogP) is -0.174. The van der Waals surface area contributed by atoms with E-state index >= 15 is 0 Å². The van der Waals surface area contributed by atoms with Gasteiger partial charge in [-0.25, -0.2) is 0 Å². The van der Waals surface area contributed by atoms with Gasteiger partial charge in [-0.1, -0.05) is 13.8 Å². The molecule has 3 N–H and O–H groups in total. The molecule has 1 amide bonds. The summed E-state index contributed by atoms with van der Waals surface area (Å²) >= 11 is 0. The van der Waals surface area contributed by atoms with E-state index in [1.165, 1.54) is 12.0 Å². The van der Waals surface area contributed by atoms with Gasteiger partial charge in [-0.15, -0.1) is 0 Å². The summed E-state index contributed by atoms with van der Waals surface area (Å²) in [6, 6.07) is -0.486. The monoisotopic (exact) mass is 232 g/mol. The highest BCUT2D eigenvalue weighted by molar-refractivity contribution is 5.81. The first-order valence-corrected chi connectivity index (χ1v) is 5.56. The smallest absolute Gasteiger partial charge is 0.239 e. The summed E-state index contributed by atoms with van der Waals surface area (Å²) in [4.78, 5) is 13.2. The molecule has 0 aliphatic carbocycles. The average molecular weight is 232 g/mol. The van der Waals surface area contributed by atoms with Crippen LogP contribution in [0.5, 0.6) is 0 Å². The third-order valence-corrected chi connectivity index (χ3v) is 2.26. The van der Waals surface area contributed by atoms with Gasteiger partial charge >= 0.3 is 0 Å². The van der Waals surface area contributed by atoms with Crippen LogP contribution >= 0.6 is 0 Å². The van der Waals surface area contributed by atoms with Crippen LogP contribution in [0.1, 0.15) is 20.3 Å². The first kappa shape index (κ1) is 15.3. The van der Waals surface area contributed by atoms with Crippen molar-refractivity contribution in [3.8, 4) is 0 Å². The fraction of sp³-hybridized carbons (Fsp3) is 0.909. The summed E-state index contributed by atoms with van der Waals surface area (Å²) in [6.07, 6.45) is -0.00556. The van der Waals surface area contributed by atoms with Crippen LogP contribution in [0.3, 0.4) is 0 Å². The number of hydrogen-bond acceptors (Lipinski definition) is 4. The van der Waals surface area contributed by atoms with Gasteiger partial charge in [0, 0.05) is 20.7 Å². The molecule has 0 aromatic heterocycles. The van der Waals surface area contributed by atoms with E-state index in [1.807, 2.05) is 13.8 Å². The molecule has 0 aromatic rings. The Morgan fingerprint density at radius 1 is 1.50 bits per heavy atom. The highest BCUT2D eigenvalue weighted by Crippen LogP contribution is 2.05. The van der Waals surface area contributed by atoms with Gasteiger partial charge < -0.3 is 20.5 Å². The van der Waals surface area contributed by atoms with Gasteiger partial charge in [0.05, 0.1) is 18.8 Å². The van der Waals surface area contributed by atoms with Gasteiger partial charge in [0.25, 0.3) is 0 Å². The second-order valence-corrected chi connectivity index (χ2v) is 4.56. The number of ether oxygens (including phenoxy) is 1. The predicted molar refractivity (Wildman–Crippen MR) is 63.0 cm³/mol. The molecule has 96 valence electrons. The van der Waals surface area contributed by atoms with Crippen LogP contribution in [-0.2, 0) is 9.53 Å².